The van der Waals surface area contributed by atoms with Crippen LogP contribution in [0.5, 0.6) is 0 Å². The van der Waals surface area contributed by atoms with E-state index >= 15 is 0 Å². The molecule has 1 saturated carbocycles. The summed E-state index contributed by atoms with van der Waals surface area (Å²) in [5, 5.41) is 15.1. The molecule has 0 aliphatic heterocycles. The average molecular weight is 326 g/mol. The fraction of sp³-hybridized carbons (Fsp3) is 0.500. The molecule has 1 fully saturated rings. The average Bonchev–Trinajstić information content (AvgIpc) is 2.93. The lowest BCUT2D eigenvalue weighted by Gasteiger charge is -2.24. The third-order valence-corrected chi connectivity index (χ3v) is 4.11. The molecule has 1 atom stereocenters. The van der Waals surface area contributed by atoms with E-state index in [4.69, 9.17) is 0 Å². The van der Waals surface area contributed by atoms with E-state index < -0.39 is 35.1 Å². The highest BCUT2D eigenvalue weighted by molar-refractivity contribution is 5.88. The summed E-state index contributed by atoms with van der Waals surface area (Å²) in [4.78, 5) is 24.1. The number of rotatable bonds is 5. The number of carbonyl (C=O) groups excluding carboxylic acids is 2. The van der Waals surface area contributed by atoms with Crippen molar-refractivity contribution in [3.05, 3.63) is 35.4 Å². The van der Waals surface area contributed by atoms with Crippen LogP contribution in [0, 0.1) is 11.6 Å². The number of carbonyl (C=O) groups is 2. The first-order chi connectivity index (χ1) is 10.8. The minimum absolute atomic E-state index is 0.121. The largest absolute Gasteiger partial charge is 0.389 e. The Labute approximate surface area is 133 Å². The van der Waals surface area contributed by atoms with Crippen LogP contribution in [0.2, 0.25) is 0 Å². The van der Waals surface area contributed by atoms with Gasteiger partial charge in [-0.1, -0.05) is 18.9 Å². The van der Waals surface area contributed by atoms with Gasteiger partial charge >= 0.3 is 0 Å². The van der Waals surface area contributed by atoms with Crippen LogP contribution in [0.3, 0.4) is 0 Å². The molecule has 1 aromatic rings. The van der Waals surface area contributed by atoms with Gasteiger partial charge in [-0.15, -0.1) is 0 Å². The molecule has 23 heavy (non-hydrogen) atoms. The monoisotopic (exact) mass is 326 g/mol. The van der Waals surface area contributed by atoms with Crippen molar-refractivity contribution in [1.82, 2.24) is 10.6 Å². The van der Waals surface area contributed by atoms with Gasteiger partial charge in [0, 0.05) is 7.05 Å². The van der Waals surface area contributed by atoms with Crippen LogP contribution in [0.4, 0.5) is 8.78 Å². The Morgan fingerprint density at radius 1 is 1.26 bits per heavy atom. The molecule has 3 N–H and O–H groups in total. The fourth-order valence-electron chi connectivity index (χ4n) is 2.86. The van der Waals surface area contributed by atoms with Gasteiger partial charge < -0.3 is 15.7 Å². The van der Waals surface area contributed by atoms with Gasteiger partial charge in [-0.05, 0) is 30.5 Å². The maximum atomic E-state index is 13.4. The first-order valence-electron chi connectivity index (χ1n) is 7.53. The molecule has 0 aromatic heterocycles. The second kappa shape index (κ2) is 7.04. The van der Waals surface area contributed by atoms with Gasteiger partial charge in [0.1, 0.15) is 6.04 Å². The number of hydrogen-bond acceptors (Lipinski definition) is 3. The summed E-state index contributed by atoms with van der Waals surface area (Å²) in [6.45, 7) is 0. The van der Waals surface area contributed by atoms with Gasteiger partial charge in [-0.2, -0.15) is 0 Å². The molecule has 0 saturated heterocycles. The van der Waals surface area contributed by atoms with Crippen molar-refractivity contribution in [3.63, 3.8) is 0 Å². The van der Waals surface area contributed by atoms with E-state index in [0.717, 1.165) is 25.0 Å². The second-order valence-corrected chi connectivity index (χ2v) is 5.90. The van der Waals surface area contributed by atoms with Crippen LogP contribution >= 0.6 is 0 Å². The lowest BCUT2D eigenvalue weighted by atomic mass is 9.97. The predicted octanol–water partition coefficient (Wildman–Crippen LogP) is 1.56. The molecule has 1 aliphatic rings. The van der Waals surface area contributed by atoms with E-state index in [9.17, 15) is 23.5 Å². The zero-order chi connectivity index (χ0) is 17.0. The number of hydrogen-bond donors (Lipinski definition) is 3. The Morgan fingerprint density at radius 3 is 2.48 bits per heavy atom. The predicted molar refractivity (Wildman–Crippen MR) is 79.3 cm³/mol. The van der Waals surface area contributed by atoms with Crippen molar-refractivity contribution in [2.24, 2.45) is 0 Å². The summed E-state index contributed by atoms with van der Waals surface area (Å²) in [7, 11) is 1.38. The summed E-state index contributed by atoms with van der Waals surface area (Å²) in [5.74, 6) is -3.19. The molecule has 7 heteroatoms. The molecule has 2 amide bonds. The Kier molecular flexibility index (Phi) is 5.30. The van der Waals surface area contributed by atoms with Gasteiger partial charge in [0.15, 0.2) is 11.6 Å². The molecule has 0 spiro atoms. The van der Waals surface area contributed by atoms with Crippen molar-refractivity contribution in [2.45, 2.75) is 43.7 Å². The summed E-state index contributed by atoms with van der Waals surface area (Å²) in [5.41, 5.74) is -0.916. The third-order valence-electron chi connectivity index (χ3n) is 4.11. The summed E-state index contributed by atoms with van der Waals surface area (Å²) in [6, 6.07) is 1.87. The molecular weight excluding hydrogens is 306 g/mol. The standard InChI is InChI=1S/C16H20F2N2O3/c1-19-15(22)14(10-4-5-11(17)12(18)8-10)20-13(21)9-16(23)6-2-3-7-16/h4-5,8,14,23H,2-3,6-7,9H2,1H3,(H,19,22)(H,20,21). The molecule has 0 bridgehead atoms. The summed E-state index contributed by atoms with van der Waals surface area (Å²) in [6.07, 6.45) is 2.66. The molecule has 1 aliphatic carbocycles. The lowest BCUT2D eigenvalue weighted by Crippen LogP contribution is -2.42. The first-order valence-corrected chi connectivity index (χ1v) is 7.53. The van der Waals surface area contributed by atoms with Gasteiger partial charge in [0.25, 0.3) is 0 Å². The van der Waals surface area contributed by atoms with Crippen molar-refractivity contribution >= 4 is 11.8 Å². The van der Waals surface area contributed by atoms with E-state index in [0.29, 0.717) is 12.8 Å². The molecule has 0 heterocycles. The van der Waals surface area contributed by atoms with Crippen LogP contribution in [-0.2, 0) is 9.59 Å². The molecule has 126 valence electrons. The van der Waals surface area contributed by atoms with Crippen molar-refractivity contribution in [3.8, 4) is 0 Å². The lowest BCUT2D eigenvalue weighted by molar-refractivity contribution is -0.131. The van der Waals surface area contributed by atoms with E-state index in [1.807, 2.05) is 0 Å². The van der Waals surface area contributed by atoms with Crippen molar-refractivity contribution in [1.29, 1.82) is 0 Å². The van der Waals surface area contributed by atoms with Gasteiger partial charge in [-0.3, -0.25) is 9.59 Å². The van der Waals surface area contributed by atoms with Crippen LogP contribution in [0.25, 0.3) is 0 Å². The van der Waals surface area contributed by atoms with E-state index in [2.05, 4.69) is 10.6 Å². The number of nitrogens with one attached hydrogen (secondary N) is 2. The number of amides is 2. The molecule has 2 rings (SSSR count). The van der Waals surface area contributed by atoms with Crippen LogP contribution in [0.1, 0.15) is 43.7 Å². The Hall–Kier alpha value is -2.02. The SMILES string of the molecule is CNC(=O)C(NC(=O)CC1(O)CCCC1)c1ccc(F)c(F)c1. The number of aliphatic hydroxyl groups is 1. The zero-order valence-corrected chi connectivity index (χ0v) is 12.9. The highest BCUT2D eigenvalue weighted by atomic mass is 19.2. The quantitative estimate of drug-likeness (QED) is 0.768. The molecule has 1 aromatic carbocycles. The van der Waals surface area contributed by atoms with Crippen LogP contribution < -0.4 is 10.6 Å². The van der Waals surface area contributed by atoms with Gasteiger partial charge in [-0.25, -0.2) is 8.78 Å². The van der Waals surface area contributed by atoms with Crippen molar-refractivity contribution in [2.75, 3.05) is 7.05 Å². The third kappa shape index (κ3) is 4.25. The maximum Gasteiger partial charge on any atom is 0.246 e. The topological polar surface area (TPSA) is 78.4 Å². The Balaban J connectivity index is 2.13. The van der Waals surface area contributed by atoms with Crippen molar-refractivity contribution < 1.29 is 23.5 Å². The number of halogens is 2. The Morgan fingerprint density at radius 2 is 1.91 bits per heavy atom. The van der Waals surface area contributed by atoms with Gasteiger partial charge in [0.05, 0.1) is 12.0 Å². The molecular formula is C16H20F2N2O3. The number of likely N-dealkylation sites (N-methyl/N-ethyl adjacent to an activating group) is 1. The minimum atomic E-state index is -1.15. The molecule has 1 unspecified atom stereocenters. The van der Waals surface area contributed by atoms with E-state index in [-0.39, 0.29) is 12.0 Å². The normalized spacial score (nSPS) is 17.6. The molecule has 0 radical (unpaired) electrons. The van der Waals surface area contributed by atoms with Gasteiger partial charge in [0.2, 0.25) is 11.8 Å². The molecule has 5 nitrogen and oxygen atoms in total. The first kappa shape index (κ1) is 17.3. The maximum absolute atomic E-state index is 13.4. The van der Waals surface area contributed by atoms with E-state index in [1.165, 1.54) is 13.1 Å². The van der Waals surface area contributed by atoms with Crippen LogP contribution in [0.15, 0.2) is 18.2 Å². The second-order valence-electron chi connectivity index (χ2n) is 5.90. The Bertz CT molecular complexity index is 601. The highest BCUT2D eigenvalue weighted by Gasteiger charge is 2.34. The van der Waals surface area contributed by atoms with E-state index in [1.54, 1.807) is 0 Å². The van der Waals surface area contributed by atoms with Crippen LogP contribution in [-0.4, -0.2) is 29.6 Å². The zero-order valence-electron chi connectivity index (χ0n) is 12.9. The minimum Gasteiger partial charge on any atom is -0.389 e. The summed E-state index contributed by atoms with van der Waals surface area (Å²) >= 11 is 0. The smallest absolute Gasteiger partial charge is 0.246 e. The number of benzene rings is 1. The highest BCUT2D eigenvalue weighted by Crippen LogP contribution is 2.32. The fourth-order valence-corrected chi connectivity index (χ4v) is 2.86. The summed E-state index contributed by atoms with van der Waals surface area (Å²) < 4.78 is 26.4.